The van der Waals surface area contributed by atoms with Crippen LogP contribution in [-0.4, -0.2) is 37.4 Å². The fourth-order valence-electron chi connectivity index (χ4n) is 3.86. The summed E-state index contributed by atoms with van der Waals surface area (Å²) in [6.07, 6.45) is 0.887. The molecule has 2 atom stereocenters. The van der Waals surface area contributed by atoms with Crippen LogP contribution < -0.4 is 4.90 Å². The Morgan fingerprint density at radius 2 is 1.96 bits per heavy atom. The number of para-hydroxylation sites is 2. The molecule has 0 saturated carbocycles. The summed E-state index contributed by atoms with van der Waals surface area (Å²) in [5, 5.41) is 9.79. The van der Waals surface area contributed by atoms with E-state index in [9.17, 15) is 4.79 Å². The number of aromatic amines is 1. The molecular formula is C21H19N5OS. The van der Waals surface area contributed by atoms with Gasteiger partial charge in [0.15, 0.2) is 5.65 Å². The van der Waals surface area contributed by atoms with Gasteiger partial charge in [0.1, 0.15) is 5.52 Å². The molecule has 1 amide bonds. The number of anilines is 1. The van der Waals surface area contributed by atoms with Crippen molar-refractivity contribution in [1.82, 2.24) is 20.2 Å². The van der Waals surface area contributed by atoms with Gasteiger partial charge in [-0.2, -0.15) is 0 Å². The van der Waals surface area contributed by atoms with Crippen LogP contribution in [-0.2, 0) is 11.2 Å². The van der Waals surface area contributed by atoms with Gasteiger partial charge in [0.2, 0.25) is 11.1 Å². The standard InChI is InChI=1S/C21H19N5OS/c1-12-11-14-7-3-6-10-17(14)26(12)20(27)13(2)28-21-23-19-18(24-25-21)15-8-4-5-9-16(15)22-19/h3-10,12-13H,11H2,1-2H3,(H,22,23,25)/t12-,13-/m1/s1. The molecular weight excluding hydrogens is 370 g/mol. The van der Waals surface area contributed by atoms with E-state index < -0.39 is 0 Å². The summed E-state index contributed by atoms with van der Waals surface area (Å²) in [6, 6.07) is 16.2. The molecule has 0 radical (unpaired) electrons. The number of benzene rings is 2. The first-order valence-corrected chi connectivity index (χ1v) is 10.2. The average molecular weight is 389 g/mol. The third-order valence-corrected chi connectivity index (χ3v) is 6.12. The minimum Gasteiger partial charge on any atom is -0.338 e. The zero-order chi connectivity index (χ0) is 19.3. The highest BCUT2D eigenvalue weighted by Gasteiger charge is 2.33. The van der Waals surface area contributed by atoms with Gasteiger partial charge in [-0.05, 0) is 38.0 Å². The molecule has 28 heavy (non-hydrogen) atoms. The van der Waals surface area contributed by atoms with Crippen LogP contribution in [0.1, 0.15) is 19.4 Å². The van der Waals surface area contributed by atoms with Gasteiger partial charge in [0, 0.05) is 22.6 Å². The number of carbonyl (C=O) groups excluding carboxylic acids is 1. The van der Waals surface area contributed by atoms with E-state index in [-0.39, 0.29) is 17.2 Å². The molecule has 0 aliphatic carbocycles. The summed E-state index contributed by atoms with van der Waals surface area (Å²) in [4.78, 5) is 22.9. The third-order valence-electron chi connectivity index (χ3n) is 5.18. The number of nitrogens with one attached hydrogen (secondary N) is 1. The smallest absolute Gasteiger partial charge is 0.240 e. The lowest BCUT2D eigenvalue weighted by Crippen LogP contribution is -2.40. The van der Waals surface area contributed by atoms with Gasteiger partial charge in [-0.15, -0.1) is 10.2 Å². The molecule has 0 fully saturated rings. The fourth-order valence-corrected chi connectivity index (χ4v) is 4.62. The molecule has 5 rings (SSSR count). The largest absolute Gasteiger partial charge is 0.338 e. The predicted molar refractivity (Wildman–Crippen MR) is 112 cm³/mol. The van der Waals surface area contributed by atoms with Gasteiger partial charge in [-0.25, -0.2) is 4.98 Å². The second-order valence-electron chi connectivity index (χ2n) is 7.11. The monoisotopic (exact) mass is 389 g/mol. The quantitative estimate of drug-likeness (QED) is 0.537. The van der Waals surface area contributed by atoms with E-state index in [0.29, 0.717) is 10.8 Å². The van der Waals surface area contributed by atoms with Gasteiger partial charge in [-0.3, -0.25) is 4.79 Å². The number of H-pyrrole nitrogens is 1. The second-order valence-corrected chi connectivity index (χ2v) is 8.42. The van der Waals surface area contributed by atoms with Crippen LogP contribution in [0.2, 0.25) is 0 Å². The zero-order valence-electron chi connectivity index (χ0n) is 15.6. The Morgan fingerprint density at radius 3 is 2.86 bits per heavy atom. The van der Waals surface area contributed by atoms with Gasteiger partial charge in [-0.1, -0.05) is 48.2 Å². The predicted octanol–water partition coefficient (Wildman–Crippen LogP) is 3.96. The van der Waals surface area contributed by atoms with E-state index in [1.54, 1.807) is 0 Å². The molecule has 0 bridgehead atoms. The summed E-state index contributed by atoms with van der Waals surface area (Å²) in [7, 11) is 0. The summed E-state index contributed by atoms with van der Waals surface area (Å²) in [6.45, 7) is 3.99. The number of carbonyl (C=O) groups is 1. The first kappa shape index (κ1) is 17.2. The molecule has 6 nitrogen and oxygen atoms in total. The van der Waals surface area contributed by atoms with E-state index in [0.717, 1.165) is 28.5 Å². The van der Waals surface area contributed by atoms with E-state index in [2.05, 4.69) is 33.2 Å². The van der Waals surface area contributed by atoms with Crippen LogP contribution in [0.3, 0.4) is 0 Å². The average Bonchev–Trinajstić information content (AvgIpc) is 3.23. The summed E-state index contributed by atoms with van der Waals surface area (Å²) in [5.41, 5.74) is 4.66. The number of aromatic nitrogens is 4. The van der Waals surface area contributed by atoms with Crippen molar-refractivity contribution in [2.24, 2.45) is 0 Å². The number of nitrogens with zero attached hydrogens (tertiary/aromatic N) is 4. The molecule has 3 heterocycles. The summed E-state index contributed by atoms with van der Waals surface area (Å²) in [5.74, 6) is 0.0720. The van der Waals surface area contributed by atoms with Crippen molar-refractivity contribution in [3.8, 4) is 0 Å². The Morgan fingerprint density at radius 1 is 1.18 bits per heavy atom. The maximum atomic E-state index is 13.1. The highest BCUT2D eigenvalue weighted by Crippen LogP contribution is 2.34. The number of fused-ring (bicyclic) bond motifs is 4. The molecule has 7 heteroatoms. The first-order chi connectivity index (χ1) is 13.6. The van der Waals surface area contributed by atoms with E-state index in [1.165, 1.54) is 17.3 Å². The maximum absolute atomic E-state index is 13.1. The lowest BCUT2D eigenvalue weighted by molar-refractivity contribution is -0.118. The number of hydrogen-bond donors (Lipinski definition) is 1. The number of hydrogen-bond acceptors (Lipinski definition) is 5. The first-order valence-electron chi connectivity index (χ1n) is 9.30. The highest BCUT2D eigenvalue weighted by atomic mass is 32.2. The Labute approximate surface area is 166 Å². The van der Waals surface area contributed by atoms with Crippen LogP contribution >= 0.6 is 11.8 Å². The minimum absolute atomic E-state index is 0.0720. The molecule has 2 aromatic carbocycles. The third kappa shape index (κ3) is 2.74. The van der Waals surface area contributed by atoms with Gasteiger partial charge >= 0.3 is 0 Å². The summed E-state index contributed by atoms with van der Waals surface area (Å²) >= 11 is 1.34. The van der Waals surface area contributed by atoms with Crippen molar-refractivity contribution in [1.29, 1.82) is 0 Å². The SMILES string of the molecule is C[C@@H]1Cc2ccccc2N1C(=O)[C@@H](C)Sc1nnc2c(n1)[nH]c1ccccc12. The topological polar surface area (TPSA) is 74.8 Å². The van der Waals surface area contributed by atoms with Gasteiger partial charge in [0.25, 0.3) is 0 Å². The zero-order valence-corrected chi connectivity index (χ0v) is 16.4. The fraction of sp³-hybridized carbons (Fsp3) is 0.238. The molecule has 2 aromatic heterocycles. The van der Waals surface area contributed by atoms with Crippen molar-refractivity contribution in [2.45, 2.75) is 36.7 Å². The lowest BCUT2D eigenvalue weighted by Gasteiger charge is -2.25. The van der Waals surface area contributed by atoms with E-state index >= 15 is 0 Å². The maximum Gasteiger partial charge on any atom is 0.240 e. The second kappa shape index (κ2) is 6.60. The molecule has 0 spiro atoms. The Bertz CT molecular complexity index is 1200. The number of rotatable bonds is 3. The van der Waals surface area contributed by atoms with Crippen LogP contribution in [0.25, 0.3) is 22.1 Å². The molecule has 0 unspecified atom stereocenters. The van der Waals surface area contributed by atoms with Crippen molar-refractivity contribution < 1.29 is 4.79 Å². The van der Waals surface area contributed by atoms with Crippen molar-refractivity contribution in [3.05, 3.63) is 54.1 Å². The summed E-state index contributed by atoms with van der Waals surface area (Å²) < 4.78 is 0. The van der Waals surface area contributed by atoms with E-state index in [1.807, 2.05) is 54.3 Å². The molecule has 0 saturated heterocycles. The minimum atomic E-state index is -0.308. The van der Waals surface area contributed by atoms with Crippen LogP contribution in [0.15, 0.2) is 53.7 Å². The highest BCUT2D eigenvalue weighted by molar-refractivity contribution is 8.00. The number of amides is 1. The van der Waals surface area contributed by atoms with Gasteiger partial charge < -0.3 is 9.88 Å². The lowest BCUT2D eigenvalue weighted by atomic mass is 10.1. The number of thioether (sulfide) groups is 1. The Balaban J connectivity index is 1.41. The molecule has 1 aliphatic heterocycles. The molecule has 1 aliphatic rings. The van der Waals surface area contributed by atoms with E-state index in [4.69, 9.17) is 0 Å². The Kier molecular flexibility index (Phi) is 4.05. The van der Waals surface area contributed by atoms with Crippen LogP contribution in [0, 0.1) is 0 Å². The Hall–Kier alpha value is -2.93. The molecule has 140 valence electrons. The van der Waals surface area contributed by atoms with Crippen LogP contribution in [0.4, 0.5) is 5.69 Å². The molecule has 4 aromatic rings. The van der Waals surface area contributed by atoms with Crippen LogP contribution in [0.5, 0.6) is 0 Å². The van der Waals surface area contributed by atoms with Crippen molar-refractivity contribution in [2.75, 3.05) is 4.90 Å². The normalized spacial score (nSPS) is 17.2. The molecule has 1 N–H and O–H groups in total. The van der Waals surface area contributed by atoms with Crippen molar-refractivity contribution in [3.63, 3.8) is 0 Å². The van der Waals surface area contributed by atoms with Gasteiger partial charge in [0.05, 0.1) is 5.25 Å². The van der Waals surface area contributed by atoms with Crippen molar-refractivity contribution >= 4 is 45.4 Å².